The third-order valence-electron chi connectivity index (χ3n) is 4.60. The van der Waals surface area contributed by atoms with Crippen LogP contribution in [0.3, 0.4) is 0 Å². The van der Waals surface area contributed by atoms with Crippen molar-refractivity contribution in [3.05, 3.63) is 51.2 Å². The molecule has 1 aliphatic heterocycles. The highest BCUT2D eigenvalue weighted by molar-refractivity contribution is 5.46. The first-order chi connectivity index (χ1) is 12.0. The van der Waals surface area contributed by atoms with E-state index in [0.29, 0.717) is 13.0 Å². The summed E-state index contributed by atoms with van der Waals surface area (Å²) in [6, 6.07) is 5.90. The van der Waals surface area contributed by atoms with Crippen molar-refractivity contribution in [1.82, 2.24) is 14.9 Å². The normalized spacial score (nSPS) is 14.4. The zero-order chi connectivity index (χ0) is 18.0. The smallest absolute Gasteiger partial charge is 0.254 e. The van der Waals surface area contributed by atoms with Crippen LogP contribution >= 0.6 is 0 Å². The number of rotatable bonds is 5. The third-order valence-corrected chi connectivity index (χ3v) is 4.60. The van der Waals surface area contributed by atoms with Crippen molar-refractivity contribution in [3.63, 3.8) is 0 Å². The summed E-state index contributed by atoms with van der Waals surface area (Å²) in [4.78, 5) is 22.2. The van der Waals surface area contributed by atoms with Gasteiger partial charge in [-0.25, -0.2) is 4.98 Å². The summed E-state index contributed by atoms with van der Waals surface area (Å²) in [6.07, 6.45) is 0.711. The van der Waals surface area contributed by atoms with Gasteiger partial charge in [0.05, 0.1) is 19.9 Å². The van der Waals surface area contributed by atoms with E-state index in [0.717, 1.165) is 47.2 Å². The Bertz CT molecular complexity index is 814. The molecular weight excluding hydrogens is 318 g/mol. The fourth-order valence-corrected chi connectivity index (χ4v) is 3.24. The van der Waals surface area contributed by atoms with Gasteiger partial charge in [0.1, 0.15) is 5.82 Å². The Balaban J connectivity index is 1.85. The second-order valence-corrected chi connectivity index (χ2v) is 6.64. The van der Waals surface area contributed by atoms with E-state index in [1.807, 2.05) is 32.0 Å². The van der Waals surface area contributed by atoms with Crippen LogP contribution in [0.4, 0.5) is 0 Å². The number of aromatic amines is 1. The second-order valence-electron chi connectivity index (χ2n) is 6.64. The summed E-state index contributed by atoms with van der Waals surface area (Å²) in [7, 11) is 3.30. The minimum Gasteiger partial charge on any atom is -0.493 e. The number of H-pyrrole nitrogens is 1. The fourth-order valence-electron chi connectivity index (χ4n) is 3.24. The lowest BCUT2D eigenvalue weighted by Crippen LogP contribution is -2.35. The Kier molecular flexibility index (Phi) is 5.08. The van der Waals surface area contributed by atoms with E-state index in [1.165, 1.54) is 0 Å². The van der Waals surface area contributed by atoms with Gasteiger partial charge < -0.3 is 14.5 Å². The molecule has 1 aromatic carbocycles. The van der Waals surface area contributed by atoms with Gasteiger partial charge in [-0.2, -0.15) is 0 Å². The van der Waals surface area contributed by atoms with E-state index in [1.54, 1.807) is 14.2 Å². The highest BCUT2D eigenvalue weighted by Gasteiger charge is 2.23. The lowest BCUT2D eigenvalue weighted by molar-refractivity contribution is 0.235. The molecule has 1 aliphatic rings. The quantitative estimate of drug-likeness (QED) is 0.903. The predicted molar refractivity (Wildman–Crippen MR) is 96.3 cm³/mol. The van der Waals surface area contributed by atoms with Gasteiger partial charge in [0.2, 0.25) is 0 Å². The van der Waals surface area contributed by atoms with Crippen LogP contribution in [0.1, 0.15) is 42.4 Å². The van der Waals surface area contributed by atoms with E-state index in [4.69, 9.17) is 9.47 Å². The number of hydrogen-bond donors (Lipinski definition) is 1. The Hall–Kier alpha value is -2.34. The Morgan fingerprint density at radius 3 is 2.76 bits per heavy atom. The molecule has 6 heteroatoms. The van der Waals surface area contributed by atoms with Gasteiger partial charge in [-0.3, -0.25) is 9.69 Å². The monoisotopic (exact) mass is 343 g/mol. The van der Waals surface area contributed by atoms with Crippen molar-refractivity contribution in [1.29, 1.82) is 0 Å². The van der Waals surface area contributed by atoms with E-state index >= 15 is 0 Å². The molecule has 0 aliphatic carbocycles. The maximum atomic E-state index is 12.3. The van der Waals surface area contributed by atoms with E-state index in [9.17, 15) is 4.79 Å². The van der Waals surface area contributed by atoms with Crippen LogP contribution in [-0.4, -0.2) is 35.6 Å². The lowest BCUT2D eigenvalue weighted by Gasteiger charge is -2.28. The summed E-state index contributed by atoms with van der Waals surface area (Å²) >= 11 is 0. The van der Waals surface area contributed by atoms with Gasteiger partial charge >= 0.3 is 0 Å². The Labute approximate surface area is 147 Å². The standard InChI is InChI=1S/C19H25N3O3/c1-12(2)18-20-15-11-22(9-8-14(15)19(23)21-18)10-13-6-5-7-16(24-3)17(13)25-4/h5-7,12H,8-11H2,1-4H3,(H,20,21,23). The molecule has 2 heterocycles. The molecule has 134 valence electrons. The van der Waals surface area contributed by atoms with Crippen molar-refractivity contribution < 1.29 is 9.47 Å². The number of nitrogens with one attached hydrogen (secondary N) is 1. The topological polar surface area (TPSA) is 67.5 Å². The van der Waals surface area contributed by atoms with Crippen LogP contribution in [0, 0.1) is 0 Å². The van der Waals surface area contributed by atoms with Crippen LogP contribution in [0.5, 0.6) is 11.5 Å². The highest BCUT2D eigenvalue weighted by Crippen LogP contribution is 2.32. The summed E-state index contributed by atoms with van der Waals surface area (Å²) < 4.78 is 10.9. The maximum Gasteiger partial charge on any atom is 0.254 e. The van der Waals surface area contributed by atoms with Gasteiger partial charge in [0.25, 0.3) is 5.56 Å². The van der Waals surface area contributed by atoms with E-state index in [-0.39, 0.29) is 11.5 Å². The minimum absolute atomic E-state index is 0.00677. The summed E-state index contributed by atoms with van der Waals surface area (Å²) in [5, 5.41) is 0. The number of aromatic nitrogens is 2. The van der Waals surface area contributed by atoms with Crippen molar-refractivity contribution in [2.24, 2.45) is 0 Å². The summed E-state index contributed by atoms with van der Waals surface area (Å²) in [5.74, 6) is 2.45. The van der Waals surface area contributed by atoms with Crippen LogP contribution in [0.2, 0.25) is 0 Å². The fraction of sp³-hybridized carbons (Fsp3) is 0.474. The first-order valence-electron chi connectivity index (χ1n) is 8.57. The maximum absolute atomic E-state index is 12.3. The first-order valence-corrected chi connectivity index (χ1v) is 8.57. The van der Waals surface area contributed by atoms with Gasteiger partial charge in [0.15, 0.2) is 11.5 Å². The predicted octanol–water partition coefficient (Wildman–Crippen LogP) is 2.47. The number of fused-ring (bicyclic) bond motifs is 1. The van der Waals surface area contributed by atoms with Crippen molar-refractivity contribution in [3.8, 4) is 11.5 Å². The molecule has 1 aromatic heterocycles. The molecule has 0 saturated carbocycles. The highest BCUT2D eigenvalue weighted by atomic mass is 16.5. The molecule has 0 amide bonds. The molecular formula is C19H25N3O3. The molecule has 3 rings (SSSR count). The molecule has 0 saturated heterocycles. The average Bonchev–Trinajstić information content (AvgIpc) is 2.61. The Morgan fingerprint density at radius 1 is 1.28 bits per heavy atom. The van der Waals surface area contributed by atoms with Crippen LogP contribution in [0.25, 0.3) is 0 Å². The van der Waals surface area contributed by atoms with Crippen LogP contribution in [-0.2, 0) is 19.5 Å². The van der Waals surface area contributed by atoms with Crippen LogP contribution in [0.15, 0.2) is 23.0 Å². The number of nitrogens with zero attached hydrogens (tertiary/aromatic N) is 2. The molecule has 0 fully saturated rings. The number of para-hydroxylation sites is 1. The molecule has 0 radical (unpaired) electrons. The molecule has 2 aromatic rings. The Morgan fingerprint density at radius 2 is 2.08 bits per heavy atom. The second kappa shape index (κ2) is 7.27. The number of hydrogen-bond acceptors (Lipinski definition) is 5. The SMILES string of the molecule is COc1cccc(CN2CCc3c(nc(C(C)C)[nH]c3=O)C2)c1OC. The van der Waals surface area contributed by atoms with Crippen molar-refractivity contribution in [2.75, 3.05) is 20.8 Å². The van der Waals surface area contributed by atoms with E-state index in [2.05, 4.69) is 14.9 Å². The lowest BCUT2D eigenvalue weighted by atomic mass is 10.0. The molecule has 0 bridgehead atoms. The zero-order valence-corrected chi connectivity index (χ0v) is 15.3. The van der Waals surface area contributed by atoms with Crippen LogP contribution < -0.4 is 15.0 Å². The van der Waals surface area contributed by atoms with Gasteiger partial charge in [0, 0.05) is 36.7 Å². The van der Waals surface area contributed by atoms with Crippen molar-refractivity contribution in [2.45, 2.75) is 39.3 Å². The molecule has 6 nitrogen and oxygen atoms in total. The molecule has 1 N–H and O–H groups in total. The average molecular weight is 343 g/mol. The number of methoxy groups -OCH3 is 2. The van der Waals surface area contributed by atoms with Gasteiger partial charge in [-0.05, 0) is 12.5 Å². The largest absolute Gasteiger partial charge is 0.493 e. The zero-order valence-electron chi connectivity index (χ0n) is 15.3. The minimum atomic E-state index is 0.00677. The first kappa shape index (κ1) is 17.5. The number of benzene rings is 1. The number of ether oxygens (including phenoxy) is 2. The summed E-state index contributed by atoms with van der Waals surface area (Å²) in [6.45, 7) is 6.28. The third kappa shape index (κ3) is 3.54. The van der Waals surface area contributed by atoms with Gasteiger partial charge in [-0.1, -0.05) is 26.0 Å². The summed E-state index contributed by atoms with van der Waals surface area (Å²) in [5.41, 5.74) is 2.78. The molecule has 25 heavy (non-hydrogen) atoms. The van der Waals surface area contributed by atoms with Gasteiger partial charge in [-0.15, -0.1) is 0 Å². The molecule has 0 spiro atoms. The molecule has 0 atom stereocenters. The van der Waals surface area contributed by atoms with E-state index < -0.39 is 0 Å². The molecule has 0 unspecified atom stereocenters. The van der Waals surface area contributed by atoms with Crippen molar-refractivity contribution >= 4 is 0 Å².